The van der Waals surface area contributed by atoms with E-state index in [-0.39, 0.29) is 17.6 Å². The van der Waals surface area contributed by atoms with Crippen LogP contribution in [-0.4, -0.2) is 37.8 Å². The highest BCUT2D eigenvalue weighted by molar-refractivity contribution is 6.02. The molecule has 4 heteroatoms. The lowest BCUT2D eigenvalue weighted by Crippen LogP contribution is -2.23. The molecule has 18 heavy (non-hydrogen) atoms. The number of Topliss-reactive ketones (excluding diaryl/α,β-unsaturated/α-hetero) is 1. The number of nitrogens with zero attached hydrogens (tertiary/aromatic N) is 1. The Kier molecular flexibility index (Phi) is 3.36. The van der Waals surface area contributed by atoms with E-state index in [2.05, 4.69) is 0 Å². The molecule has 0 fully saturated rings. The van der Waals surface area contributed by atoms with Crippen LogP contribution in [0.5, 0.6) is 5.75 Å². The van der Waals surface area contributed by atoms with E-state index in [1.807, 2.05) is 6.07 Å². The number of carbonyl (C=O) groups is 2. The highest BCUT2D eigenvalue weighted by atomic mass is 16.5. The molecule has 96 valence electrons. The molecule has 1 aliphatic rings. The first-order chi connectivity index (χ1) is 8.52. The van der Waals surface area contributed by atoms with Gasteiger partial charge in [0.2, 0.25) is 5.91 Å². The average Bonchev–Trinajstić information content (AvgIpc) is 2.65. The number of amides is 1. The minimum Gasteiger partial charge on any atom is -0.497 e. The Balaban J connectivity index is 2.28. The van der Waals surface area contributed by atoms with Crippen LogP contribution in [0.25, 0.3) is 0 Å². The maximum absolute atomic E-state index is 11.9. The number of rotatable bonds is 3. The maximum atomic E-state index is 11.9. The molecule has 1 atom stereocenters. The summed E-state index contributed by atoms with van der Waals surface area (Å²) in [6, 6.07) is 5.44. The van der Waals surface area contributed by atoms with Gasteiger partial charge in [0, 0.05) is 38.4 Å². The Morgan fingerprint density at radius 3 is 2.78 bits per heavy atom. The van der Waals surface area contributed by atoms with Gasteiger partial charge in [-0.3, -0.25) is 9.59 Å². The van der Waals surface area contributed by atoms with Gasteiger partial charge in [-0.25, -0.2) is 0 Å². The Labute approximate surface area is 107 Å². The van der Waals surface area contributed by atoms with Crippen LogP contribution < -0.4 is 4.74 Å². The van der Waals surface area contributed by atoms with Crippen LogP contribution in [0.15, 0.2) is 18.2 Å². The number of hydrogen-bond donors (Lipinski definition) is 0. The largest absolute Gasteiger partial charge is 0.497 e. The molecule has 4 nitrogen and oxygen atoms in total. The minimum absolute atomic E-state index is 0.0162. The maximum Gasteiger partial charge on any atom is 0.222 e. The van der Waals surface area contributed by atoms with Gasteiger partial charge in [-0.05, 0) is 23.8 Å². The van der Waals surface area contributed by atoms with Gasteiger partial charge in [0.05, 0.1) is 7.11 Å². The predicted molar refractivity (Wildman–Crippen MR) is 68.0 cm³/mol. The molecule has 1 aromatic rings. The fourth-order valence-electron chi connectivity index (χ4n) is 2.28. The van der Waals surface area contributed by atoms with E-state index in [0.29, 0.717) is 12.8 Å². The van der Waals surface area contributed by atoms with Crippen LogP contribution in [0, 0.1) is 0 Å². The Morgan fingerprint density at radius 2 is 2.17 bits per heavy atom. The third-order valence-electron chi connectivity index (χ3n) is 3.35. The molecule has 0 N–H and O–H groups in total. The van der Waals surface area contributed by atoms with Crippen LogP contribution in [0.1, 0.15) is 34.7 Å². The first-order valence-electron chi connectivity index (χ1n) is 5.94. The van der Waals surface area contributed by atoms with Gasteiger partial charge in [0.1, 0.15) is 5.75 Å². The highest BCUT2D eigenvalue weighted by Gasteiger charge is 2.31. The van der Waals surface area contributed by atoms with Crippen LogP contribution in [-0.2, 0) is 4.79 Å². The van der Waals surface area contributed by atoms with Gasteiger partial charge in [-0.15, -0.1) is 0 Å². The van der Waals surface area contributed by atoms with E-state index >= 15 is 0 Å². The third kappa shape index (κ3) is 2.23. The first-order valence-corrected chi connectivity index (χ1v) is 5.94. The zero-order chi connectivity index (χ0) is 13.3. The number of hydrogen-bond acceptors (Lipinski definition) is 3. The molecule has 1 amide bonds. The number of benzene rings is 1. The van der Waals surface area contributed by atoms with Crippen molar-refractivity contribution in [3.8, 4) is 5.75 Å². The quantitative estimate of drug-likeness (QED) is 0.818. The smallest absolute Gasteiger partial charge is 0.222 e. The van der Waals surface area contributed by atoms with E-state index in [1.54, 1.807) is 38.2 Å². The SMILES string of the molecule is COc1ccc2c(c1)C(CC(=O)N(C)C)CC2=O. The second kappa shape index (κ2) is 4.80. The Hall–Kier alpha value is -1.84. The van der Waals surface area contributed by atoms with E-state index in [1.165, 1.54) is 0 Å². The topological polar surface area (TPSA) is 46.6 Å². The fraction of sp³-hybridized carbons (Fsp3) is 0.429. The van der Waals surface area contributed by atoms with Crippen LogP contribution in [0.4, 0.5) is 0 Å². The molecule has 0 aliphatic heterocycles. The van der Waals surface area contributed by atoms with E-state index in [0.717, 1.165) is 16.9 Å². The van der Waals surface area contributed by atoms with Crippen molar-refractivity contribution in [3.63, 3.8) is 0 Å². The van der Waals surface area contributed by atoms with Crippen molar-refractivity contribution >= 4 is 11.7 Å². The Bertz CT molecular complexity index is 494. The van der Waals surface area contributed by atoms with Crippen molar-refractivity contribution in [1.82, 2.24) is 4.90 Å². The van der Waals surface area contributed by atoms with Crippen LogP contribution in [0.2, 0.25) is 0 Å². The van der Waals surface area contributed by atoms with Crippen molar-refractivity contribution in [1.29, 1.82) is 0 Å². The summed E-state index contributed by atoms with van der Waals surface area (Å²) in [7, 11) is 5.05. The predicted octanol–water partition coefficient (Wildman–Crippen LogP) is 1.84. The second-order valence-corrected chi connectivity index (χ2v) is 4.77. The highest BCUT2D eigenvalue weighted by Crippen LogP contribution is 2.37. The summed E-state index contributed by atoms with van der Waals surface area (Å²) in [5, 5.41) is 0. The Morgan fingerprint density at radius 1 is 1.44 bits per heavy atom. The summed E-state index contributed by atoms with van der Waals surface area (Å²) in [4.78, 5) is 25.2. The van der Waals surface area contributed by atoms with Crippen molar-refractivity contribution < 1.29 is 14.3 Å². The molecule has 1 unspecified atom stereocenters. The summed E-state index contributed by atoms with van der Waals surface area (Å²) >= 11 is 0. The van der Waals surface area contributed by atoms with Crippen molar-refractivity contribution in [2.24, 2.45) is 0 Å². The van der Waals surface area contributed by atoms with E-state index in [9.17, 15) is 9.59 Å². The van der Waals surface area contributed by atoms with E-state index in [4.69, 9.17) is 4.74 Å². The standard InChI is InChI=1S/C14H17NO3/c1-15(2)14(17)7-9-6-13(16)11-5-4-10(18-3)8-12(9)11/h4-5,8-9H,6-7H2,1-3H3. The fourth-order valence-corrected chi connectivity index (χ4v) is 2.28. The summed E-state index contributed by atoms with van der Waals surface area (Å²) in [6.45, 7) is 0. The molecule has 0 spiro atoms. The van der Waals surface area contributed by atoms with Gasteiger partial charge in [-0.1, -0.05) is 0 Å². The van der Waals surface area contributed by atoms with Crippen molar-refractivity contribution in [2.45, 2.75) is 18.8 Å². The van der Waals surface area contributed by atoms with Crippen molar-refractivity contribution in [3.05, 3.63) is 29.3 Å². The van der Waals surface area contributed by atoms with Gasteiger partial charge in [-0.2, -0.15) is 0 Å². The number of methoxy groups -OCH3 is 1. The third-order valence-corrected chi connectivity index (χ3v) is 3.35. The summed E-state index contributed by atoms with van der Waals surface area (Å²) < 4.78 is 5.17. The molecule has 0 bridgehead atoms. The lowest BCUT2D eigenvalue weighted by Gasteiger charge is -2.15. The monoisotopic (exact) mass is 247 g/mol. The molecule has 0 aromatic heterocycles. The average molecular weight is 247 g/mol. The van der Waals surface area contributed by atoms with Crippen LogP contribution >= 0.6 is 0 Å². The molecule has 2 rings (SSSR count). The van der Waals surface area contributed by atoms with Gasteiger partial charge in [0.25, 0.3) is 0 Å². The summed E-state index contributed by atoms with van der Waals surface area (Å²) in [5.74, 6) is 0.871. The molecule has 0 saturated heterocycles. The van der Waals surface area contributed by atoms with Gasteiger partial charge in [0.15, 0.2) is 5.78 Å². The summed E-state index contributed by atoms with van der Waals surface area (Å²) in [5.41, 5.74) is 1.67. The zero-order valence-corrected chi connectivity index (χ0v) is 10.9. The molecular formula is C14H17NO3. The van der Waals surface area contributed by atoms with Crippen molar-refractivity contribution in [2.75, 3.05) is 21.2 Å². The molecule has 0 saturated carbocycles. The van der Waals surface area contributed by atoms with Gasteiger partial charge >= 0.3 is 0 Å². The lowest BCUT2D eigenvalue weighted by molar-refractivity contribution is -0.129. The molecule has 1 aromatic carbocycles. The van der Waals surface area contributed by atoms with E-state index < -0.39 is 0 Å². The van der Waals surface area contributed by atoms with Crippen LogP contribution in [0.3, 0.4) is 0 Å². The number of ketones is 1. The zero-order valence-electron chi connectivity index (χ0n) is 10.9. The normalized spacial score (nSPS) is 17.5. The summed E-state index contributed by atoms with van der Waals surface area (Å²) in [6.07, 6.45) is 0.793. The molecule has 0 radical (unpaired) electrons. The number of carbonyl (C=O) groups excluding carboxylic acids is 2. The first kappa shape index (κ1) is 12.6. The number of ether oxygens (including phenoxy) is 1. The minimum atomic E-state index is -0.0162. The number of fused-ring (bicyclic) bond motifs is 1. The van der Waals surface area contributed by atoms with Gasteiger partial charge < -0.3 is 9.64 Å². The molecule has 1 aliphatic carbocycles. The lowest BCUT2D eigenvalue weighted by atomic mass is 9.97. The molecule has 0 heterocycles. The second-order valence-electron chi connectivity index (χ2n) is 4.77. The molecular weight excluding hydrogens is 230 g/mol.